The van der Waals surface area contributed by atoms with Gasteiger partial charge in [-0.3, -0.25) is 4.79 Å². The summed E-state index contributed by atoms with van der Waals surface area (Å²) in [5.41, 5.74) is 6.85. The Morgan fingerprint density at radius 3 is 2.66 bits per heavy atom. The van der Waals surface area contributed by atoms with Crippen LogP contribution in [0.3, 0.4) is 0 Å². The lowest BCUT2D eigenvalue weighted by molar-refractivity contribution is 0.102. The predicted octanol–water partition coefficient (Wildman–Crippen LogP) is 5.27. The fourth-order valence-electron chi connectivity index (χ4n) is 4.67. The molecule has 6 rings (SSSR count). The van der Waals surface area contributed by atoms with Crippen molar-refractivity contribution in [2.75, 3.05) is 23.3 Å². The second-order valence-electron chi connectivity index (χ2n) is 8.80. The van der Waals surface area contributed by atoms with Crippen LogP contribution in [0.5, 0.6) is 0 Å². The number of amides is 1. The summed E-state index contributed by atoms with van der Waals surface area (Å²) in [7, 11) is 0. The van der Waals surface area contributed by atoms with E-state index in [-0.39, 0.29) is 5.91 Å². The van der Waals surface area contributed by atoms with Crippen molar-refractivity contribution in [3.05, 3.63) is 102 Å². The van der Waals surface area contributed by atoms with E-state index >= 15 is 0 Å². The van der Waals surface area contributed by atoms with Crippen molar-refractivity contribution in [1.29, 1.82) is 0 Å². The Hall–Kier alpha value is -4.52. The number of nitrogens with zero attached hydrogens (tertiary/aromatic N) is 4. The zero-order chi connectivity index (χ0) is 23.6. The fourth-order valence-corrected chi connectivity index (χ4v) is 4.67. The molecule has 1 atom stereocenters. The van der Waals surface area contributed by atoms with E-state index in [0.29, 0.717) is 22.6 Å². The van der Waals surface area contributed by atoms with Crippen molar-refractivity contribution in [1.82, 2.24) is 20.4 Å². The Bertz CT molecular complexity index is 1480. The van der Waals surface area contributed by atoms with Crippen LogP contribution in [0.1, 0.15) is 28.3 Å². The molecule has 35 heavy (non-hydrogen) atoms. The number of rotatable bonds is 5. The van der Waals surface area contributed by atoms with E-state index in [1.54, 1.807) is 6.07 Å². The quantitative estimate of drug-likeness (QED) is 0.373. The second-order valence-corrected chi connectivity index (χ2v) is 8.80. The summed E-state index contributed by atoms with van der Waals surface area (Å²) in [6, 6.07) is 30.0. The molecule has 1 unspecified atom stereocenters. The number of hydrogen-bond donors (Lipinski definition) is 2. The van der Waals surface area contributed by atoms with Gasteiger partial charge in [-0.15, -0.1) is 5.10 Å². The molecule has 7 nitrogen and oxygen atoms in total. The number of hydrogen-bond acceptors (Lipinski definition) is 5. The van der Waals surface area contributed by atoms with Crippen molar-refractivity contribution in [3.63, 3.8) is 0 Å². The summed E-state index contributed by atoms with van der Waals surface area (Å²) in [6.45, 7) is 2.05. The van der Waals surface area contributed by atoms with E-state index in [1.807, 2.05) is 42.5 Å². The molecule has 1 amide bonds. The van der Waals surface area contributed by atoms with E-state index in [1.165, 1.54) is 11.3 Å². The fraction of sp³-hybridized carbons (Fsp3) is 0.143. The number of benzene rings is 3. The highest BCUT2D eigenvalue weighted by Crippen LogP contribution is 2.31. The minimum atomic E-state index is -0.158. The maximum atomic E-state index is 12.9. The van der Waals surface area contributed by atoms with Crippen LogP contribution >= 0.6 is 0 Å². The lowest BCUT2D eigenvalue weighted by atomic mass is 9.99. The molecule has 0 radical (unpaired) electrons. The number of fused-ring (bicyclic) bond motifs is 1. The summed E-state index contributed by atoms with van der Waals surface area (Å²) >= 11 is 0. The third-order valence-electron chi connectivity index (χ3n) is 6.56. The Balaban J connectivity index is 1.13. The van der Waals surface area contributed by atoms with Gasteiger partial charge in [0.1, 0.15) is 5.52 Å². The Kier molecular flexibility index (Phi) is 5.42. The van der Waals surface area contributed by atoms with Gasteiger partial charge in [0.15, 0.2) is 5.65 Å². The number of nitrogens with one attached hydrogen (secondary N) is 2. The van der Waals surface area contributed by atoms with Gasteiger partial charge >= 0.3 is 0 Å². The van der Waals surface area contributed by atoms with Crippen LogP contribution in [0.4, 0.5) is 11.4 Å². The van der Waals surface area contributed by atoms with Gasteiger partial charge in [-0.05, 0) is 60.5 Å². The topological polar surface area (TPSA) is 86.8 Å². The van der Waals surface area contributed by atoms with E-state index in [4.69, 9.17) is 0 Å². The number of H-pyrrole nitrogens is 1. The van der Waals surface area contributed by atoms with Gasteiger partial charge in [0.05, 0.1) is 5.69 Å². The molecule has 0 saturated carbocycles. The van der Waals surface area contributed by atoms with Crippen molar-refractivity contribution < 1.29 is 4.79 Å². The van der Waals surface area contributed by atoms with Crippen LogP contribution in [-0.2, 0) is 0 Å². The number of carbonyl (C=O) groups excluding carboxylic acids is 1. The first-order valence-corrected chi connectivity index (χ1v) is 11.7. The van der Waals surface area contributed by atoms with Crippen LogP contribution in [0, 0.1) is 0 Å². The first-order chi connectivity index (χ1) is 17.2. The standard InChI is InChI=1S/C28H24N6O/c35-28(21-8-4-7-20(17-21)25-13-14-26-27(30-25)32-33-31-26)29-23-9-11-24(12-10-23)34-16-15-22(18-34)19-5-2-1-3-6-19/h1-14,17,22H,15-16,18H2,(H,29,35)(H,30,31,32,33). The molecule has 7 heteroatoms. The van der Waals surface area contributed by atoms with Gasteiger partial charge in [0.25, 0.3) is 5.91 Å². The number of carbonyl (C=O) groups is 1. The molecule has 0 bridgehead atoms. The largest absolute Gasteiger partial charge is 0.371 e. The molecule has 1 aliphatic rings. The zero-order valence-electron chi connectivity index (χ0n) is 19.1. The van der Waals surface area contributed by atoms with Gasteiger partial charge < -0.3 is 10.2 Å². The maximum absolute atomic E-state index is 12.9. The smallest absolute Gasteiger partial charge is 0.255 e. The minimum Gasteiger partial charge on any atom is -0.371 e. The normalized spacial score (nSPS) is 15.4. The summed E-state index contributed by atoms with van der Waals surface area (Å²) < 4.78 is 0. The first kappa shape index (κ1) is 21.0. The molecule has 3 heterocycles. The molecular formula is C28H24N6O. The van der Waals surface area contributed by atoms with E-state index < -0.39 is 0 Å². The van der Waals surface area contributed by atoms with Gasteiger partial charge in [-0.25, -0.2) is 10.1 Å². The summed E-state index contributed by atoms with van der Waals surface area (Å²) in [5, 5.41) is 13.5. The van der Waals surface area contributed by atoms with Crippen molar-refractivity contribution in [2.45, 2.75) is 12.3 Å². The molecule has 1 fully saturated rings. The average Bonchev–Trinajstić information content (AvgIpc) is 3.59. The van der Waals surface area contributed by atoms with E-state index in [0.717, 1.165) is 36.5 Å². The number of aromatic amines is 1. The lowest BCUT2D eigenvalue weighted by Gasteiger charge is -2.19. The molecule has 2 N–H and O–H groups in total. The summed E-state index contributed by atoms with van der Waals surface area (Å²) in [6.07, 6.45) is 1.15. The van der Waals surface area contributed by atoms with Crippen LogP contribution < -0.4 is 10.2 Å². The number of pyridine rings is 1. The van der Waals surface area contributed by atoms with Crippen molar-refractivity contribution >= 4 is 28.4 Å². The van der Waals surface area contributed by atoms with Crippen LogP contribution in [0.25, 0.3) is 22.4 Å². The van der Waals surface area contributed by atoms with Gasteiger partial charge in [-0.2, -0.15) is 0 Å². The number of aromatic nitrogens is 4. The highest BCUT2D eigenvalue weighted by Gasteiger charge is 2.23. The zero-order valence-corrected chi connectivity index (χ0v) is 19.1. The van der Waals surface area contributed by atoms with Crippen LogP contribution in [0.15, 0.2) is 91.0 Å². The van der Waals surface area contributed by atoms with Crippen molar-refractivity contribution in [2.24, 2.45) is 0 Å². The molecule has 5 aromatic rings. The SMILES string of the molecule is O=C(Nc1ccc(N2CCC(c3ccccc3)C2)cc1)c1cccc(-c2ccc3nn[nH]c3n2)c1. The summed E-state index contributed by atoms with van der Waals surface area (Å²) in [5.74, 6) is 0.400. The molecule has 3 aromatic carbocycles. The lowest BCUT2D eigenvalue weighted by Crippen LogP contribution is -2.19. The highest BCUT2D eigenvalue weighted by molar-refractivity contribution is 6.05. The van der Waals surface area contributed by atoms with Crippen molar-refractivity contribution in [3.8, 4) is 11.3 Å². The van der Waals surface area contributed by atoms with E-state index in [9.17, 15) is 4.79 Å². The molecule has 1 aliphatic heterocycles. The maximum Gasteiger partial charge on any atom is 0.255 e. The Morgan fingerprint density at radius 2 is 1.80 bits per heavy atom. The van der Waals surface area contributed by atoms with Gasteiger partial charge in [0, 0.05) is 41.5 Å². The molecule has 0 spiro atoms. The Labute approximate surface area is 202 Å². The molecule has 2 aromatic heterocycles. The second kappa shape index (κ2) is 9.02. The third kappa shape index (κ3) is 4.36. The van der Waals surface area contributed by atoms with Crippen LogP contribution in [0.2, 0.25) is 0 Å². The molecule has 1 saturated heterocycles. The van der Waals surface area contributed by atoms with Gasteiger partial charge in [-0.1, -0.05) is 47.7 Å². The average molecular weight is 461 g/mol. The summed E-state index contributed by atoms with van der Waals surface area (Å²) in [4.78, 5) is 19.9. The molecular weight excluding hydrogens is 436 g/mol. The third-order valence-corrected chi connectivity index (χ3v) is 6.56. The molecule has 0 aliphatic carbocycles. The predicted molar refractivity (Wildman–Crippen MR) is 138 cm³/mol. The highest BCUT2D eigenvalue weighted by atomic mass is 16.1. The monoisotopic (exact) mass is 460 g/mol. The minimum absolute atomic E-state index is 0.158. The first-order valence-electron chi connectivity index (χ1n) is 11.7. The van der Waals surface area contributed by atoms with E-state index in [2.05, 4.69) is 73.1 Å². The molecule has 172 valence electrons. The van der Waals surface area contributed by atoms with Gasteiger partial charge in [0.2, 0.25) is 0 Å². The van der Waals surface area contributed by atoms with Crippen LogP contribution in [-0.4, -0.2) is 39.4 Å². The Morgan fingerprint density at radius 1 is 0.943 bits per heavy atom. The number of anilines is 2.